The summed E-state index contributed by atoms with van der Waals surface area (Å²) in [5, 5.41) is 21.3. The first-order valence-electron chi connectivity index (χ1n) is 8.14. The lowest BCUT2D eigenvalue weighted by atomic mass is 9.95. The fourth-order valence-corrected chi connectivity index (χ4v) is 3.39. The van der Waals surface area contributed by atoms with Gasteiger partial charge in [0.15, 0.2) is 0 Å². The van der Waals surface area contributed by atoms with Crippen LogP contribution in [0.25, 0.3) is 21.7 Å². The fraction of sp³-hybridized carbons (Fsp3) is 0.316. The summed E-state index contributed by atoms with van der Waals surface area (Å²) >= 11 is 0. The highest BCUT2D eigenvalue weighted by molar-refractivity contribution is 6.04. The van der Waals surface area contributed by atoms with Gasteiger partial charge in [0.2, 0.25) is 0 Å². The summed E-state index contributed by atoms with van der Waals surface area (Å²) in [6, 6.07) is 10.1. The van der Waals surface area contributed by atoms with Gasteiger partial charge in [-0.1, -0.05) is 0 Å². The maximum absolute atomic E-state index is 12.3. The molecule has 1 aliphatic rings. The summed E-state index contributed by atoms with van der Waals surface area (Å²) in [6.07, 6.45) is 2.93. The molecule has 0 saturated heterocycles. The van der Waals surface area contributed by atoms with Gasteiger partial charge in [0.1, 0.15) is 23.2 Å². The van der Waals surface area contributed by atoms with Crippen molar-refractivity contribution in [3.63, 3.8) is 0 Å². The average Bonchev–Trinajstić information content (AvgIpc) is 2.55. The molecule has 4 rings (SSSR count). The van der Waals surface area contributed by atoms with Crippen LogP contribution in [0.4, 0.5) is 0 Å². The highest BCUT2D eigenvalue weighted by Gasteiger charge is 2.21. The number of rotatable bonds is 2. The highest BCUT2D eigenvalue weighted by atomic mass is 16.5. The van der Waals surface area contributed by atoms with Gasteiger partial charge >= 0.3 is 5.63 Å². The van der Waals surface area contributed by atoms with E-state index in [0.717, 1.165) is 30.0 Å². The zero-order valence-corrected chi connectivity index (χ0v) is 13.1. The van der Waals surface area contributed by atoms with Gasteiger partial charge in [0.25, 0.3) is 0 Å². The minimum absolute atomic E-state index is 0.0318. The molecular weight excluding hydrogens is 308 g/mol. The SMILES string of the molecule is O=c1oc2cc(O)ccc2c2ccc(OC3CCCC(O)C3)cc12. The van der Waals surface area contributed by atoms with Crippen LogP contribution in [0.2, 0.25) is 0 Å². The molecule has 2 atom stereocenters. The second kappa shape index (κ2) is 5.83. The first kappa shape index (κ1) is 15.0. The fourth-order valence-electron chi connectivity index (χ4n) is 3.39. The van der Waals surface area contributed by atoms with Crippen LogP contribution in [0.3, 0.4) is 0 Å². The molecule has 3 aromatic rings. The molecular formula is C19H18O5. The van der Waals surface area contributed by atoms with Crippen molar-refractivity contribution in [2.24, 2.45) is 0 Å². The second-order valence-corrected chi connectivity index (χ2v) is 6.34. The second-order valence-electron chi connectivity index (χ2n) is 6.34. The lowest BCUT2D eigenvalue weighted by Crippen LogP contribution is -2.28. The summed E-state index contributed by atoms with van der Waals surface area (Å²) in [4.78, 5) is 12.3. The Bertz CT molecular complexity index is 959. The highest BCUT2D eigenvalue weighted by Crippen LogP contribution is 2.30. The van der Waals surface area contributed by atoms with E-state index in [1.54, 1.807) is 18.2 Å². The Morgan fingerprint density at radius 3 is 2.71 bits per heavy atom. The monoisotopic (exact) mass is 326 g/mol. The molecule has 124 valence electrons. The molecule has 1 fully saturated rings. The molecule has 24 heavy (non-hydrogen) atoms. The minimum Gasteiger partial charge on any atom is -0.508 e. The predicted molar refractivity (Wildman–Crippen MR) is 90.5 cm³/mol. The van der Waals surface area contributed by atoms with Crippen molar-refractivity contribution < 1.29 is 19.4 Å². The maximum Gasteiger partial charge on any atom is 0.344 e. The van der Waals surface area contributed by atoms with Gasteiger partial charge < -0.3 is 19.4 Å². The normalized spacial score (nSPS) is 21.2. The van der Waals surface area contributed by atoms with Gasteiger partial charge in [-0.05, 0) is 49.6 Å². The van der Waals surface area contributed by atoms with E-state index in [0.29, 0.717) is 23.1 Å². The molecule has 1 aliphatic carbocycles. The summed E-state index contributed by atoms with van der Waals surface area (Å²) in [7, 11) is 0. The summed E-state index contributed by atoms with van der Waals surface area (Å²) < 4.78 is 11.2. The Labute approximate surface area is 138 Å². The number of hydrogen-bond acceptors (Lipinski definition) is 5. The Balaban J connectivity index is 1.75. The largest absolute Gasteiger partial charge is 0.508 e. The summed E-state index contributed by atoms with van der Waals surface area (Å²) in [6.45, 7) is 0. The van der Waals surface area contributed by atoms with Gasteiger partial charge in [0.05, 0.1) is 11.5 Å². The van der Waals surface area contributed by atoms with E-state index >= 15 is 0 Å². The number of benzene rings is 2. The number of aromatic hydroxyl groups is 1. The van der Waals surface area contributed by atoms with Crippen LogP contribution in [0.1, 0.15) is 25.7 Å². The maximum atomic E-state index is 12.3. The number of hydrogen-bond donors (Lipinski definition) is 2. The smallest absolute Gasteiger partial charge is 0.344 e. The van der Waals surface area contributed by atoms with Crippen molar-refractivity contribution >= 4 is 21.7 Å². The Morgan fingerprint density at radius 1 is 1.04 bits per heavy atom. The van der Waals surface area contributed by atoms with E-state index in [-0.39, 0.29) is 18.0 Å². The van der Waals surface area contributed by atoms with E-state index < -0.39 is 5.63 Å². The topological polar surface area (TPSA) is 79.9 Å². The molecule has 5 nitrogen and oxygen atoms in total. The number of aliphatic hydroxyl groups excluding tert-OH is 1. The zero-order valence-electron chi connectivity index (χ0n) is 13.1. The summed E-state index contributed by atoms with van der Waals surface area (Å²) in [5.74, 6) is 0.660. The molecule has 1 heterocycles. The van der Waals surface area contributed by atoms with Crippen molar-refractivity contribution in [1.82, 2.24) is 0 Å². The molecule has 0 bridgehead atoms. The standard InChI is InChI=1S/C19H18O5/c20-11-2-1-3-13(8-11)23-14-5-7-15-16-6-4-12(21)9-18(16)24-19(22)17(15)10-14/h4-7,9-11,13,20-21H,1-3,8H2. The van der Waals surface area contributed by atoms with E-state index in [1.807, 2.05) is 12.1 Å². The van der Waals surface area contributed by atoms with Crippen molar-refractivity contribution in [2.45, 2.75) is 37.9 Å². The number of aliphatic hydroxyl groups is 1. The average molecular weight is 326 g/mol. The molecule has 2 aromatic carbocycles. The molecule has 0 amide bonds. The number of ether oxygens (including phenoxy) is 1. The van der Waals surface area contributed by atoms with E-state index in [2.05, 4.69) is 0 Å². The van der Waals surface area contributed by atoms with Crippen LogP contribution < -0.4 is 10.4 Å². The van der Waals surface area contributed by atoms with Crippen molar-refractivity contribution in [2.75, 3.05) is 0 Å². The molecule has 1 aromatic heterocycles. The molecule has 2 unspecified atom stereocenters. The van der Waals surface area contributed by atoms with Gasteiger partial charge in [-0.3, -0.25) is 0 Å². The zero-order chi connectivity index (χ0) is 16.7. The van der Waals surface area contributed by atoms with Crippen LogP contribution >= 0.6 is 0 Å². The Kier molecular flexibility index (Phi) is 3.65. The van der Waals surface area contributed by atoms with Crippen LogP contribution in [-0.2, 0) is 0 Å². The van der Waals surface area contributed by atoms with Gasteiger partial charge in [-0.2, -0.15) is 0 Å². The Hall–Kier alpha value is -2.53. The molecule has 5 heteroatoms. The summed E-state index contributed by atoms with van der Waals surface area (Å²) in [5.41, 5.74) is -0.103. The van der Waals surface area contributed by atoms with Crippen LogP contribution in [0.15, 0.2) is 45.6 Å². The lowest BCUT2D eigenvalue weighted by molar-refractivity contribution is 0.0537. The van der Waals surface area contributed by atoms with E-state index in [4.69, 9.17) is 9.15 Å². The third-order valence-electron chi connectivity index (χ3n) is 4.57. The third kappa shape index (κ3) is 2.71. The van der Waals surface area contributed by atoms with Gasteiger partial charge in [-0.15, -0.1) is 0 Å². The van der Waals surface area contributed by atoms with Gasteiger partial charge in [-0.25, -0.2) is 4.79 Å². The van der Waals surface area contributed by atoms with Crippen LogP contribution in [-0.4, -0.2) is 22.4 Å². The lowest BCUT2D eigenvalue weighted by Gasteiger charge is -2.26. The number of phenolic OH excluding ortho intramolecular Hbond substituents is 1. The first-order valence-corrected chi connectivity index (χ1v) is 8.14. The Morgan fingerprint density at radius 2 is 1.88 bits per heavy atom. The van der Waals surface area contributed by atoms with Crippen molar-refractivity contribution in [1.29, 1.82) is 0 Å². The molecule has 0 radical (unpaired) electrons. The van der Waals surface area contributed by atoms with E-state index in [1.165, 1.54) is 6.07 Å². The predicted octanol–water partition coefficient (Wildman–Crippen LogP) is 3.33. The molecule has 0 spiro atoms. The third-order valence-corrected chi connectivity index (χ3v) is 4.57. The molecule has 0 aliphatic heterocycles. The van der Waals surface area contributed by atoms with Crippen LogP contribution in [0, 0.1) is 0 Å². The minimum atomic E-state index is -0.461. The quantitative estimate of drug-likeness (QED) is 0.558. The molecule has 1 saturated carbocycles. The molecule has 2 N–H and O–H groups in total. The van der Waals surface area contributed by atoms with E-state index in [9.17, 15) is 15.0 Å². The van der Waals surface area contributed by atoms with Gasteiger partial charge in [0, 0.05) is 23.3 Å². The number of fused-ring (bicyclic) bond motifs is 3. The van der Waals surface area contributed by atoms with Crippen molar-refractivity contribution in [3.8, 4) is 11.5 Å². The number of phenols is 1. The first-order chi connectivity index (χ1) is 11.6. The van der Waals surface area contributed by atoms with Crippen LogP contribution in [0.5, 0.6) is 11.5 Å². The van der Waals surface area contributed by atoms with Crippen molar-refractivity contribution in [3.05, 3.63) is 46.8 Å².